The van der Waals surface area contributed by atoms with E-state index in [4.69, 9.17) is 4.42 Å². The van der Waals surface area contributed by atoms with Crippen LogP contribution in [0.2, 0.25) is 0 Å². The Hall–Kier alpha value is -3.49. The normalized spacial score (nSPS) is 13.7. The van der Waals surface area contributed by atoms with Crippen molar-refractivity contribution in [2.45, 2.75) is 32.2 Å². The number of fused-ring (bicyclic) bond motifs is 2. The number of furan rings is 1. The van der Waals surface area contributed by atoms with E-state index in [1.807, 2.05) is 49.4 Å². The van der Waals surface area contributed by atoms with Gasteiger partial charge in [-0.2, -0.15) is 0 Å². The van der Waals surface area contributed by atoms with Crippen LogP contribution in [0.25, 0.3) is 11.0 Å². The minimum atomic E-state index is -3.50. The molecule has 1 amide bonds. The Kier molecular flexibility index (Phi) is 5.93. The highest BCUT2D eigenvalue weighted by molar-refractivity contribution is 7.88. The maximum atomic E-state index is 13.1. The van der Waals surface area contributed by atoms with E-state index >= 15 is 0 Å². The maximum Gasteiger partial charge on any atom is 0.289 e. The number of sulfonamides is 1. The molecule has 1 aliphatic rings. The molecule has 0 fully saturated rings. The van der Waals surface area contributed by atoms with Crippen LogP contribution in [-0.4, -0.2) is 30.8 Å². The molecule has 7 nitrogen and oxygen atoms in total. The van der Waals surface area contributed by atoms with Crippen molar-refractivity contribution in [2.24, 2.45) is 0 Å². The largest absolute Gasteiger partial charge is 0.451 e. The molecule has 3 heterocycles. The lowest BCUT2D eigenvalue weighted by atomic mass is 9.95. The summed E-state index contributed by atoms with van der Waals surface area (Å²) < 4.78 is 33.7. The molecule has 0 radical (unpaired) electrons. The van der Waals surface area contributed by atoms with E-state index in [0.29, 0.717) is 30.9 Å². The van der Waals surface area contributed by atoms with Gasteiger partial charge in [0.15, 0.2) is 5.76 Å². The van der Waals surface area contributed by atoms with Crippen LogP contribution in [0.1, 0.15) is 38.5 Å². The first-order valence-electron chi connectivity index (χ1n) is 11.1. The van der Waals surface area contributed by atoms with Crippen molar-refractivity contribution in [1.29, 1.82) is 0 Å². The molecular formula is C26H25N3O4S. The molecule has 0 saturated carbocycles. The van der Waals surface area contributed by atoms with E-state index in [9.17, 15) is 13.2 Å². The second-order valence-corrected chi connectivity index (χ2v) is 10.3. The van der Waals surface area contributed by atoms with Gasteiger partial charge in [0, 0.05) is 36.9 Å². The van der Waals surface area contributed by atoms with E-state index < -0.39 is 10.0 Å². The Labute approximate surface area is 198 Å². The lowest BCUT2D eigenvalue weighted by Gasteiger charge is -2.30. The molecule has 8 heteroatoms. The second-order valence-electron chi connectivity index (χ2n) is 8.52. The lowest BCUT2D eigenvalue weighted by Crippen LogP contribution is -2.37. The van der Waals surface area contributed by atoms with Crippen LogP contribution >= 0.6 is 0 Å². The van der Waals surface area contributed by atoms with Gasteiger partial charge in [0.1, 0.15) is 5.58 Å². The van der Waals surface area contributed by atoms with Gasteiger partial charge in [0.2, 0.25) is 10.0 Å². The van der Waals surface area contributed by atoms with E-state index in [1.54, 1.807) is 29.3 Å². The maximum absolute atomic E-state index is 13.1. The van der Waals surface area contributed by atoms with Crippen LogP contribution in [-0.2, 0) is 35.3 Å². The summed E-state index contributed by atoms with van der Waals surface area (Å²) in [6.45, 7) is 2.99. The number of nitrogens with zero attached hydrogens (tertiary/aromatic N) is 2. The zero-order valence-corrected chi connectivity index (χ0v) is 19.6. The third-order valence-electron chi connectivity index (χ3n) is 6.19. The summed E-state index contributed by atoms with van der Waals surface area (Å²) >= 11 is 0. The van der Waals surface area contributed by atoms with Gasteiger partial charge in [0.05, 0.1) is 5.75 Å². The summed E-state index contributed by atoms with van der Waals surface area (Å²) in [5.74, 6) is 0.0842. The number of carbonyl (C=O) groups excluding carboxylic acids is 1. The van der Waals surface area contributed by atoms with Crippen molar-refractivity contribution in [3.8, 4) is 0 Å². The molecule has 2 aromatic carbocycles. The summed E-state index contributed by atoms with van der Waals surface area (Å²) in [7, 11) is -3.50. The smallest absolute Gasteiger partial charge is 0.289 e. The fourth-order valence-electron chi connectivity index (χ4n) is 4.40. The Morgan fingerprint density at radius 2 is 1.88 bits per heavy atom. The predicted octanol–water partition coefficient (Wildman–Crippen LogP) is 3.95. The zero-order valence-electron chi connectivity index (χ0n) is 18.8. The van der Waals surface area contributed by atoms with Gasteiger partial charge in [0.25, 0.3) is 5.91 Å². The topological polar surface area (TPSA) is 92.5 Å². The van der Waals surface area contributed by atoms with Gasteiger partial charge in [-0.3, -0.25) is 9.78 Å². The number of para-hydroxylation sites is 1. The molecule has 1 aliphatic heterocycles. The van der Waals surface area contributed by atoms with Crippen molar-refractivity contribution in [3.05, 3.63) is 101 Å². The van der Waals surface area contributed by atoms with Gasteiger partial charge in [-0.1, -0.05) is 48.5 Å². The van der Waals surface area contributed by atoms with Crippen LogP contribution in [0.4, 0.5) is 0 Å². The Balaban J connectivity index is 1.32. The van der Waals surface area contributed by atoms with Crippen LogP contribution in [0.5, 0.6) is 0 Å². The van der Waals surface area contributed by atoms with Gasteiger partial charge in [-0.05, 0) is 47.7 Å². The van der Waals surface area contributed by atoms with Crippen molar-refractivity contribution in [1.82, 2.24) is 14.6 Å². The first kappa shape index (κ1) is 22.3. The molecule has 4 aromatic rings. The van der Waals surface area contributed by atoms with Crippen molar-refractivity contribution in [3.63, 3.8) is 0 Å². The number of amides is 1. The standard InChI is InChI=1S/C26H25N3O4S/c1-18-23(15-28-34(31,32)17-19-7-3-2-4-8-19)22-11-12-29(16-21(22)14-27-18)26(30)25-13-20-9-5-6-10-24(20)33-25/h2-10,13-14,28H,11-12,15-17H2,1H3. The molecule has 34 heavy (non-hydrogen) atoms. The van der Waals surface area contributed by atoms with Gasteiger partial charge < -0.3 is 9.32 Å². The van der Waals surface area contributed by atoms with Crippen molar-refractivity contribution < 1.29 is 17.6 Å². The Morgan fingerprint density at radius 1 is 1.12 bits per heavy atom. The number of hydrogen-bond donors (Lipinski definition) is 1. The highest BCUT2D eigenvalue weighted by Crippen LogP contribution is 2.27. The Morgan fingerprint density at radius 3 is 2.68 bits per heavy atom. The molecule has 1 N–H and O–H groups in total. The molecule has 0 saturated heterocycles. The Bertz CT molecular complexity index is 1430. The molecule has 174 valence electrons. The fourth-order valence-corrected chi connectivity index (χ4v) is 5.50. The molecule has 5 rings (SSSR count). The molecule has 0 atom stereocenters. The summed E-state index contributed by atoms with van der Waals surface area (Å²) in [5, 5.41) is 0.894. The summed E-state index contributed by atoms with van der Waals surface area (Å²) in [4.78, 5) is 19.3. The fraction of sp³-hybridized carbons (Fsp3) is 0.231. The molecule has 2 aromatic heterocycles. The van der Waals surface area contributed by atoms with E-state index in [-0.39, 0.29) is 18.2 Å². The van der Waals surface area contributed by atoms with Gasteiger partial charge in [-0.25, -0.2) is 13.1 Å². The van der Waals surface area contributed by atoms with Crippen LogP contribution in [0.15, 0.2) is 71.3 Å². The van der Waals surface area contributed by atoms with E-state index in [2.05, 4.69) is 9.71 Å². The average molecular weight is 476 g/mol. The number of hydrogen-bond acceptors (Lipinski definition) is 5. The number of pyridine rings is 1. The van der Waals surface area contributed by atoms with E-state index in [0.717, 1.165) is 33.3 Å². The molecule has 0 unspecified atom stereocenters. The van der Waals surface area contributed by atoms with Gasteiger partial charge in [-0.15, -0.1) is 0 Å². The lowest BCUT2D eigenvalue weighted by molar-refractivity contribution is 0.0704. The van der Waals surface area contributed by atoms with Crippen LogP contribution in [0, 0.1) is 6.92 Å². The average Bonchev–Trinajstić information content (AvgIpc) is 3.27. The third kappa shape index (κ3) is 4.60. The molecule has 0 aliphatic carbocycles. The third-order valence-corrected chi connectivity index (χ3v) is 7.49. The molecule has 0 bridgehead atoms. The summed E-state index contributed by atoms with van der Waals surface area (Å²) in [6.07, 6.45) is 2.41. The highest BCUT2D eigenvalue weighted by Gasteiger charge is 2.27. The zero-order chi connectivity index (χ0) is 23.7. The summed E-state index contributed by atoms with van der Waals surface area (Å²) in [6, 6.07) is 18.4. The number of carbonyl (C=O) groups is 1. The van der Waals surface area contributed by atoms with E-state index in [1.165, 1.54) is 0 Å². The van der Waals surface area contributed by atoms with Crippen LogP contribution < -0.4 is 4.72 Å². The molecule has 0 spiro atoms. The number of rotatable bonds is 6. The van der Waals surface area contributed by atoms with Crippen molar-refractivity contribution in [2.75, 3.05) is 6.54 Å². The number of aryl methyl sites for hydroxylation is 1. The minimum Gasteiger partial charge on any atom is -0.451 e. The molecular weight excluding hydrogens is 450 g/mol. The SMILES string of the molecule is Cc1ncc2c(c1CNS(=O)(=O)Cc1ccccc1)CCN(C(=O)c1cc3ccccc3o1)C2. The predicted molar refractivity (Wildman–Crippen MR) is 130 cm³/mol. The minimum absolute atomic E-state index is 0.0743. The quantitative estimate of drug-likeness (QED) is 0.456. The monoisotopic (exact) mass is 475 g/mol. The summed E-state index contributed by atoms with van der Waals surface area (Å²) in [5.41, 5.74) is 5.08. The van der Waals surface area contributed by atoms with Gasteiger partial charge >= 0.3 is 0 Å². The number of aromatic nitrogens is 1. The first-order valence-corrected chi connectivity index (χ1v) is 12.8. The first-order chi connectivity index (χ1) is 16.4. The highest BCUT2D eigenvalue weighted by atomic mass is 32.2. The van der Waals surface area contributed by atoms with Crippen molar-refractivity contribution >= 4 is 26.9 Å². The number of benzene rings is 2. The van der Waals surface area contributed by atoms with Crippen LogP contribution in [0.3, 0.4) is 0 Å². The second kappa shape index (κ2) is 9.04. The number of nitrogens with one attached hydrogen (secondary N) is 1.